The quantitative estimate of drug-likeness (QED) is 0.680. The van der Waals surface area contributed by atoms with Crippen LogP contribution in [0.5, 0.6) is 0 Å². The van der Waals surface area contributed by atoms with Gasteiger partial charge in [0.15, 0.2) is 0 Å². The maximum atomic E-state index is 5.48. The first-order valence-corrected chi connectivity index (χ1v) is 7.50. The fourth-order valence-electron chi connectivity index (χ4n) is 2.30. The topological polar surface area (TPSA) is 21.3 Å². The Kier molecular flexibility index (Phi) is 6.69. The molecule has 0 saturated carbocycles. The van der Waals surface area contributed by atoms with Crippen LogP contribution in [0.15, 0.2) is 0 Å². The molecule has 2 nitrogen and oxygen atoms in total. The van der Waals surface area contributed by atoms with Gasteiger partial charge in [-0.05, 0) is 49.7 Å². The highest BCUT2D eigenvalue weighted by molar-refractivity contribution is 7.98. The molecule has 1 saturated heterocycles. The Labute approximate surface area is 98.5 Å². The summed E-state index contributed by atoms with van der Waals surface area (Å²) in [6.07, 6.45) is 7.40. The molecule has 3 heteroatoms. The first-order chi connectivity index (χ1) is 7.33. The Morgan fingerprint density at radius 1 is 1.33 bits per heavy atom. The van der Waals surface area contributed by atoms with E-state index in [9.17, 15) is 0 Å². The number of hydrogen-bond acceptors (Lipinski definition) is 3. The van der Waals surface area contributed by atoms with E-state index in [1.807, 2.05) is 11.8 Å². The number of nitrogens with one attached hydrogen (secondary N) is 1. The van der Waals surface area contributed by atoms with Crippen molar-refractivity contribution in [3.05, 3.63) is 0 Å². The van der Waals surface area contributed by atoms with Crippen LogP contribution in [0.4, 0.5) is 0 Å². The van der Waals surface area contributed by atoms with Gasteiger partial charge in [-0.1, -0.05) is 6.92 Å². The molecule has 1 aliphatic heterocycles. The van der Waals surface area contributed by atoms with Gasteiger partial charge in [0, 0.05) is 19.8 Å². The number of thioether (sulfide) groups is 1. The zero-order valence-electron chi connectivity index (χ0n) is 10.2. The molecule has 90 valence electrons. The molecular weight excluding hydrogens is 206 g/mol. The van der Waals surface area contributed by atoms with Crippen LogP contribution in [-0.2, 0) is 4.74 Å². The van der Waals surface area contributed by atoms with Gasteiger partial charge in [-0.25, -0.2) is 0 Å². The lowest BCUT2D eigenvalue weighted by Crippen LogP contribution is -2.39. The first-order valence-electron chi connectivity index (χ1n) is 6.10. The molecule has 0 aromatic carbocycles. The lowest BCUT2D eigenvalue weighted by molar-refractivity contribution is 0.0105. The summed E-state index contributed by atoms with van der Waals surface area (Å²) in [5.41, 5.74) is 0.532. The molecule has 0 amide bonds. The minimum Gasteiger partial charge on any atom is -0.381 e. The van der Waals surface area contributed by atoms with Gasteiger partial charge in [-0.15, -0.1) is 0 Å². The average molecular weight is 231 g/mol. The van der Waals surface area contributed by atoms with Crippen molar-refractivity contribution in [2.75, 3.05) is 38.3 Å². The monoisotopic (exact) mass is 231 g/mol. The van der Waals surface area contributed by atoms with Gasteiger partial charge in [0.25, 0.3) is 0 Å². The molecule has 0 radical (unpaired) electrons. The van der Waals surface area contributed by atoms with Gasteiger partial charge >= 0.3 is 0 Å². The van der Waals surface area contributed by atoms with Crippen molar-refractivity contribution in [1.29, 1.82) is 0 Å². The summed E-state index contributed by atoms with van der Waals surface area (Å²) in [5.74, 6) is 1.30. The van der Waals surface area contributed by atoms with E-state index in [-0.39, 0.29) is 0 Å². The van der Waals surface area contributed by atoms with Crippen molar-refractivity contribution in [3.63, 3.8) is 0 Å². The molecule has 0 bridgehead atoms. The lowest BCUT2D eigenvalue weighted by atomic mass is 9.76. The molecule has 1 aliphatic rings. The molecular formula is C12H25NOS. The van der Waals surface area contributed by atoms with Gasteiger partial charge in [-0.2, -0.15) is 11.8 Å². The SMILES string of the molecule is CCNCC1(CCCSC)CCOCC1. The minimum atomic E-state index is 0.532. The maximum Gasteiger partial charge on any atom is 0.0471 e. The molecule has 0 atom stereocenters. The number of rotatable bonds is 7. The third kappa shape index (κ3) is 4.75. The van der Waals surface area contributed by atoms with E-state index < -0.39 is 0 Å². The van der Waals surface area contributed by atoms with Crippen LogP contribution in [0.1, 0.15) is 32.6 Å². The molecule has 0 unspecified atom stereocenters. The highest BCUT2D eigenvalue weighted by Crippen LogP contribution is 2.35. The smallest absolute Gasteiger partial charge is 0.0471 e. The minimum absolute atomic E-state index is 0.532. The third-order valence-corrected chi connectivity index (χ3v) is 4.06. The van der Waals surface area contributed by atoms with Gasteiger partial charge in [0.05, 0.1) is 0 Å². The summed E-state index contributed by atoms with van der Waals surface area (Å²) in [6, 6.07) is 0. The fourth-order valence-corrected chi connectivity index (χ4v) is 2.73. The van der Waals surface area contributed by atoms with Crippen molar-refractivity contribution in [1.82, 2.24) is 5.32 Å². The third-order valence-electron chi connectivity index (χ3n) is 3.36. The predicted molar refractivity (Wildman–Crippen MR) is 68.6 cm³/mol. The molecule has 0 spiro atoms. The zero-order chi connectivity index (χ0) is 11.0. The Hall–Kier alpha value is 0.270. The molecule has 0 aromatic heterocycles. The summed E-state index contributed by atoms with van der Waals surface area (Å²) < 4.78 is 5.48. The van der Waals surface area contributed by atoms with Crippen molar-refractivity contribution in [3.8, 4) is 0 Å². The Bertz CT molecular complexity index is 158. The summed E-state index contributed by atoms with van der Waals surface area (Å²) in [6.45, 7) is 6.39. The normalized spacial score (nSPS) is 20.4. The molecule has 1 heterocycles. The maximum absolute atomic E-state index is 5.48. The molecule has 1 fully saturated rings. The van der Waals surface area contributed by atoms with Crippen molar-refractivity contribution in [2.24, 2.45) is 5.41 Å². The second-order valence-corrected chi connectivity index (χ2v) is 5.47. The second-order valence-electron chi connectivity index (χ2n) is 4.49. The van der Waals surface area contributed by atoms with Gasteiger partial charge in [0.1, 0.15) is 0 Å². The van der Waals surface area contributed by atoms with Crippen LogP contribution < -0.4 is 5.32 Å². The number of hydrogen-bond donors (Lipinski definition) is 1. The van der Waals surface area contributed by atoms with Crippen LogP contribution in [0, 0.1) is 5.41 Å². The summed E-state index contributed by atoms with van der Waals surface area (Å²) in [7, 11) is 0. The Balaban J connectivity index is 2.35. The van der Waals surface area contributed by atoms with Crippen molar-refractivity contribution >= 4 is 11.8 Å². The molecule has 0 aromatic rings. The van der Waals surface area contributed by atoms with E-state index in [1.54, 1.807) is 0 Å². The largest absolute Gasteiger partial charge is 0.381 e. The van der Waals surface area contributed by atoms with Gasteiger partial charge in [-0.3, -0.25) is 0 Å². The summed E-state index contributed by atoms with van der Waals surface area (Å²) >= 11 is 1.96. The summed E-state index contributed by atoms with van der Waals surface area (Å²) in [4.78, 5) is 0. The molecule has 1 rings (SSSR count). The molecule has 1 N–H and O–H groups in total. The second kappa shape index (κ2) is 7.53. The average Bonchev–Trinajstić information content (AvgIpc) is 2.28. The van der Waals surface area contributed by atoms with Crippen LogP contribution >= 0.6 is 11.8 Å². The van der Waals surface area contributed by atoms with E-state index in [4.69, 9.17) is 4.74 Å². The first kappa shape index (κ1) is 13.3. The van der Waals surface area contributed by atoms with Gasteiger partial charge < -0.3 is 10.1 Å². The Morgan fingerprint density at radius 2 is 2.07 bits per heavy atom. The van der Waals surface area contributed by atoms with Crippen molar-refractivity contribution in [2.45, 2.75) is 32.6 Å². The molecule has 0 aliphatic carbocycles. The highest BCUT2D eigenvalue weighted by atomic mass is 32.2. The zero-order valence-corrected chi connectivity index (χ0v) is 11.0. The summed E-state index contributed by atoms with van der Waals surface area (Å²) in [5, 5.41) is 3.52. The highest BCUT2D eigenvalue weighted by Gasteiger charge is 2.31. The van der Waals surface area contributed by atoms with Gasteiger partial charge in [0.2, 0.25) is 0 Å². The van der Waals surface area contributed by atoms with E-state index in [2.05, 4.69) is 18.5 Å². The Morgan fingerprint density at radius 3 is 2.67 bits per heavy atom. The fraction of sp³-hybridized carbons (Fsp3) is 1.00. The van der Waals surface area contributed by atoms with Crippen LogP contribution in [0.25, 0.3) is 0 Å². The number of ether oxygens (including phenoxy) is 1. The van der Waals surface area contributed by atoms with E-state index in [0.29, 0.717) is 5.41 Å². The van der Waals surface area contributed by atoms with Crippen LogP contribution in [0.2, 0.25) is 0 Å². The van der Waals surface area contributed by atoms with Crippen molar-refractivity contribution < 1.29 is 4.74 Å². The van der Waals surface area contributed by atoms with E-state index in [0.717, 1.165) is 19.8 Å². The standard InChI is InChI=1S/C12H25NOS/c1-3-13-11-12(5-4-10-15-2)6-8-14-9-7-12/h13H,3-11H2,1-2H3. The molecule has 15 heavy (non-hydrogen) atoms. The van der Waals surface area contributed by atoms with Crippen LogP contribution in [0.3, 0.4) is 0 Å². The predicted octanol–water partition coefficient (Wildman–Crippen LogP) is 2.54. The van der Waals surface area contributed by atoms with E-state index in [1.165, 1.54) is 38.0 Å². The van der Waals surface area contributed by atoms with Crippen LogP contribution in [-0.4, -0.2) is 38.3 Å². The lowest BCUT2D eigenvalue weighted by Gasteiger charge is -2.37. The van der Waals surface area contributed by atoms with E-state index >= 15 is 0 Å².